The van der Waals surface area contributed by atoms with Gasteiger partial charge >= 0.3 is 0 Å². The molecule has 2 aromatic rings. The minimum Gasteiger partial charge on any atom is -0.383 e. The lowest BCUT2D eigenvalue weighted by Gasteiger charge is -2.11. The molecule has 0 saturated heterocycles. The molecule has 2 aromatic heterocycles. The van der Waals surface area contributed by atoms with Gasteiger partial charge in [-0.2, -0.15) is 0 Å². The lowest BCUT2D eigenvalue weighted by atomic mass is 10.0. The van der Waals surface area contributed by atoms with E-state index in [1.165, 1.54) is 6.33 Å². The maximum Gasteiger partial charge on any atom is 0.130 e. The highest BCUT2D eigenvalue weighted by Crippen LogP contribution is 2.32. The summed E-state index contributed by atoms with van der Waals surface area (Å²) in [6, 6.07) is 4.07. The average molecular weight is 219 g/mol. The van der Waals surface area contributed by atoms with Crippen LogP contribution in [0.2, 0.25) is 0 Å². The molecule has 3 nitrogen and oxygen atoms in total. The lowest BCUT2D eigenvalue weighted by molar-refractivity contribution is 0.855. The Kier molecular flexibility index (Phi) is 2.68. The molecule has 0 aliphatic heterocycles. The Balaban J connectivity index is 2.61. The van der Waals surface area contributed by atoms with Gasteiger partial charge in [0.2, 0.25) is 0 Å². The van der Waals surface area contributed by atoms with E-state index >= 15 is 0 Å². The molecule has 0 spiro atoms. The Hall–Kier alpha value is -1.42. The molecule has 0 radical (unpaired) electrons. The molecule has 0 aliphatic carbocycles. The van der Waals surface area contributed by atoms with E-state index in [-0.39, 0.29) is 0 Å². The van der Waals surface area contributed by atoms with Crippen LogP contribution in [-0.2, 0) is 0 Å². The number of nitrogens with zero attached hydrogens (tertiary/aromatic N) is 2. The monoisotopic (exact) mass is 219 g/mol. The summed E-state index contributed by atoms with van der Waals surface area (Å²) in [7, 11) is 0. The van der Waals surface area contributed by atoms with Crippen molar-refractivity contribution in [2.24, 2.45) is 0 Å². The van der Waals surface area contributed by atoms with E-state index in [1.807, 2.05) is 11.4 Å². The number of anilines is 1. The predicted molar refractivity (Wildman–Crippen MR) is 63.8 cm³/mol. The quantitative estimate of drug-likeness (QED) is 0.845. The Morgan fingerprint density at radius 2 is 2.13 bits per heavy atom. The molecular formula is C11H13N3S. The zero-order valence-corrected chi connectivity index (χ0v) is 9.58. The number of nitrogens with two attached hydrogens (primary N) is 1. The molecular weight excluding hydrogens is 206 g/mol. The lowest BCUT2D eigenvalue weighted by Crippen LogP contribution is -2.03. The first-order chi connectivity index (χ1) is 7.20. The summed E-state index contributed by atoms with van der Waals surface area (Å²) in [6.07, 6.45) is 1.52. The first kappa shape index (κ1) is 10.1. The molecule has 15 heavy (non-hydrogen) atoms. The molecule has 0 aliphatic rings. The highest BCUT2D eigenvalue weighted by Gasteiger charge is 2.14. The van der Waals surface area contributed by atoms with Crippen LogP contribution in [0.15, 0.2) is 23.8 Å². The minimum absolute atomic E-state index is 0.336. The van der Waals surface area contributed by atoms with Gasteiger partial charge in [-0.05, 0) is 17.4 Å². The first-order valence-electron chi connectivity index (χ1n) is 4.84. The highest BCUT2D eigenvalue weighted by molar-refractivity contribution is 7.13. The molecule has 0 bridgehead atoms. The third kappa shape index (κ3) is 1.85. The maximum absolute atomic E-state index is 5.88. The van der Waals surface area contributed by atoms with Crippen LogP contribution in [0.25, 0.3) is 10.6 Å². The van der Waals surface area contributed by atoms with E-state index in [0.717, 1.165) is 16.1 Å². The molecule has 0 saturated carbocycles. The molecule has 0 amide bonds. The van der Waals surface area contributed by atoms with Crippen molar-refractivity contribution in [1.82, 2.24) is 9.97 Å². The molecule has 2 rings (SSSR count). The molecule has 4 heteroatoms. The van der Waals surface area contributed by atoms with Crippen molar-refractivity contribution in [1.29, 1.82) is 0 Å². The number of aromatic nitrogens is 2. The summed E-state index contributed by atoms with van der Waals surface area (Å²) in [6.45, 7) is 4.21. The van der Waals surface area contributed by atoms with Crippen LogP contribution >= 0.6 is 11.3 Å². The molecule has 78 valence electrons. The average Bonchev–Trinajstić information content (AvgIpc) is 2.69. The zero-order valence-electron chi connectivity index (χ0n) is 8.77. The third-order valence-electron chi connectivity index (χ3n) is 2.25. The Morgan fingerprint density at radius 3 is 2.73 bits per heavy atom. The van der Waals surface area contributed by atoms with Crippen LogP contribution in [0.3, 0.4) is 0 Å². The standard InChI is InChI=1S/C11H13N3S/c1-7(2)9-10(8-4-3-5-15-8)13-6-14-11(9)12/h3-7H,1-2H3,(H2,12,13,14). The van der Waals surface area contributed by atoms with Gasteiger partial charge in [-0.1, -0.05) is 19.9 Å². The molecule has 0 unspecified atom stereocenters. The number of hydrogen-bond acceptors (Lipinski definition) is 4. The highest BCUT2D eigenvalue weighted by atomic mass is 32.1. The van der Waals surface area contributed by atoms with Crippen molar-refractivity contribution in [3.05, 3.63) is 29.4 Å². The largest absolute Gasteiger partial charge is 0.383 e. The van der Waals surface area contributed by atoms with Crippen molar-refractivity contribution in [3.63, 3.8) is 0 Å². The number of hydrogen-bond donors (Lipinski definition) is 1. The Bertz CT molecular complexity index is 449. The van der Waals surface area contributed by atoms with Crippen LogP contribution in [0, 0.1) is 0 Å². The topological polar surface area (TPSA) is 51.8 Å². The zero-order chi connectivity index (χ0) is 10.8. The second kappa shape index (κ2) is 3.98. The molecule has 0 aromatic carbocycles. The second-order valence-electron chi connectivity index (χ2n) is 3.65. The summed E-state index contributed by atoms with van der Waals surface area (Å²) in [5.74, 6) is 0.923. The molecule has 2 N–H and O–H groups in total. The van der Waals surface area contributed by atoms with Gasteiger partial charge in [0, 0.05) is 5.56 Å². The van der Waals surface area contributed by atoms with Gasteiger partial charge < -0.3 is 5.73 Å². The normalized spacial score (nSPS) is 10.9. The van der Waals surface area contributed by atoms with Crippen LogP contribution in [0.1, 0.15) is 25.3 Å². The van der Waals surface area contributed by atoms with Gasteiger partial charge in [0.15, 0.2) is 0 Å². The molecule has 0 atom stereocenters. The van der Waals surface area contributed by atoms with Crippen LogP contribution in [0.5, 0.6) is 0 Å². The summed E-state index contributed by atoms with van der Waals surface area (Å²) >= 11 is 1.67. The summed E-state index contributed by atoms with van der Waals surface area (Å²) < 4.78 is 0. The van der Waals surface area contributed by atoms with Crippen LogP contribution in [-0.4, -0.2) is 9.97 Å². The van der Waals surface area contributed by atoms with Gasteiger partial charge in [0.05, 0.1) is 10.6 Å². The van der Waals surface area contributed by atoms with Crippen molar-refractivity contribution >= 4 is 17.2 Å². The SMILES string of the molecule is CC(C)c1c(N)ncnc1-c1cccs1. The number of nitrogen functional groups attached to an aromatic ring is 1. The second-order valence-corrected chi connectivity index (χ2v) is 4.60. The van der Waals surface area contributed by atoms with Gasteiger partial charge in [0.1, 0.15) is 12.1 Å². The predicted octanol–water partition coefficient (Wildman–Crippen LogP) is 2.91. The van der Waals surface area contributed by atoms with Gasteiger partial charge in [-0.15, -0.1) is 11.3 Å². The van der Waals surface area contributed by atoms with E-state index in [1.54, 1.807) is 11.3 Å². The maximum atomic E-state index is 5.88. The fourth-order valence-corrected chi connectivity index (χ4v) is 2.32. The van der Waals surface area contributed by atoms with Crippen LogP contribution in [0.4, 0.5) is 5.82 Å². The number of thiophene rings is 1. The van der Waals surface area contributed by atoms with E-state index in [9.17, 15) is 0 Å². The fraction of sp³-hybridized carbons (Fsp3) is 0.273. The van der Waals surface area contributed by atoms with E-state index < -0.39 is 0 Å². The van der Waals surface area contributed by atoms with E-state index in [2.05, 4.69) is 29.9 Å². The Labute approximate surface area is 93.0 Å². The van der Waals surface area contributed by atoms with Gasteiger partial charge in [-0.25, -0.2) is 9.97 Å². The van der Waals surface area contributed by atoms with Crippen molar-refractivity contribution < 1.29 is 0 Å². The van der Waals surface area contributed by atoms with Crippen molar-refractivity contribution in [3.8, 4) is 10.6 Å². The summed E-state index contributed by atoms with van der Waals surface area (Å²) in [4.78, 5) is 9.51. The molecule has 2 heterocycles. The minimum atomic E-state index is 0.336. The summed E-state index contributed by atoms with van der Waals surface area (Å²) in [5.41, 5.74) is 7.89. The number of rotatable bonds is 2. The van der Waals surface area contributed by atoms with E-state index in [0.29, 0.717) is 11.7 Å². The van der Waals surface area contributed by atoms with Crippen molar-refractivity contribution in [2.75, 3.05) is 5.73 Å². The van der Waals surface area contributed by atoms with Gasteiger partial charge in [0.25, 0.3) is 0 Å². The smallest absolute Gasteiger partial charge is 0.130 e. The third-order valence-corrected chi connectivity index (χ3v) is 3.12. The van der Waals surface area contributed by atoms with E-state index in [4.69, 9.17) is 5.73 Å². The van der Waals surface area contributed by atoms with Crippen molar-refractivity contribution in [2.45, 2.75) is 19.8 Å². The van der Waals surface area contributed by atoms with Crippen LogP contribution < -0.4 is 5.73 Å². The van der Waals surface area contributed by atoms with Gasteiger partial charge in [-0.3, -0.25) is 0 Å². The first-order valence-corrected chi connectivity index (χ1v) is 5.72. The molecule has 0 fully saturated rings. The fourth-order valence-electron chi connectivity index (χ4n) is 1.59. The Morgan fingerprint density at radius 1 is 1.33 bits per heavy atom. The summed E-state index contributed by atoms with van der Waals surface area (Å²) in [5, 5.41) is 2.04.